The van der Waals surface area contributed by atoms with Crippen molar-refractivity contribution in [1.29, 1.82) is 0 Å². The molecule has 0 radical (unpaired) electrons. The minimum atomic E-state index is -1.46. The maximum absolute atomic E-state index is 15.4. The van der Waals surface area contributed by atoms with Crippen LogP contribution >= 0.6 is 0 Å². The maximum atomic E-state index is 15.4. The molecule has 1 aromatic carbocycles. The predicted molar refractivity (Wildman–Crippen MR) is 102 cm³/mol. The van der Waals surface area contributed by atoms with Crippen molar-refractivity contribution in [3.05, 3.63) is 39.7 Å². The highest BCUT2D eigenvalue weighted by Gasteiger charge is 2.37. The molecule has 1 aliphatic carbocycles. The van der Waals surface area contributed by atoms with Crippen molar-refractivity contribution in [2.45, 2.75) is 38.5 Å². The zero-order valence-corrected chi connectivity index (χ0v) is 15.9. The highest BCUT2D eigenvalue weighted by Crippen LogP contribution is 2.34. The van der Waals surface area contributed by atoms with E-state index in [1.807, 2.05) is 0 Å². The zero-order valence-electron chi connectivity index (χ0n) is 15.9. The highest BCUT2D eigenvalue weighted by molar-refractivity contribution is 5.93. The number of hydrogen-bond donors (Lipinski definition) is 2. The van der Waals surface area contributed by atoms with Crippen LogP contribution in [0, 0.1) is 17.6 Å². The van der Waals surface area contributed by atoms with Crippen molar-refractivity contribution in [1.82, 2.24) is 9.88 Å². The summed E-state index contributed by atoms with van der Waals surface area (Å²) in [5.74, 6) is -3.82. The first kappa shape index (κ1) is 19.8. The Morgan fingerprint density at radius 1 is 1.31 bits per heavy atom. The summed E-state index contributed by atoms with van der Waals surface area (Å²) < 4.78 is 46.0. The molecule has 0 bridgehead atoms. The summed E-state index contributed by atoms with van der Waals surface area (Å²) in [5.41, 5.74) is -2.05. The van der Waals surface area contributed by atoms with E-state index in [0.717, 1.165) is 25.1 Å². The summed E-state index contributed by atoms with van der Waals surface area (Å²) in [7, 11) is 0. The SMILES string of the molecule is CCn1cc(C(=O)O)c(=O)c2cc(F)c(N3C[C@@H](CNC4CC4)[C@H](F)C3)c(F)c21. The monoisotopic (exact) mass is 409 g/mol. The number of pyridine rings is 1. The van der Waals surface area contributed by atoms with E-state index in [0.29, 0.717) is 12.6 Å². The molecule has 2 fully saturated rings. The van der Waals surface area contributed by atoms with Crippen molar-refractivity contribution in [3.63, 3.8) is 0 Å². The molecular weight excluding hydrogens is 387 g/mol. The summed E-state index contributed by atoms with van der Waals surface area (Å²) in [4.78, 5) is 25.1. The summed E-state index contributed by atoms with van der Waals surface area (Å²) in [6.07, 6.45) is 1.96. The van der Waals surface area contributed by atoms with Crippen LogP contribution in [0.25, 0.3) is 10.9 Å². The van der Waals surface area contributed by atoms with Gasteiger partial charge >= 0.3 is 5.97 Å². The zero-order chi connectivity index (χ0) is 20.9. The molecule has 2 aromatic rings. The molecule has 2 N–H and O–H groups in total. The second-order valence-corrected chi connectivity index (χ2v) is 7.74. The van der Waals surface area contributed by atoms with Gasteiger partial charge in [0.15, 0.2) is 5.82 Å². The van der Waals surface area contributed by atoms with Gasteiger partial charge in [0.1, 0.15) is 23.2 Å². The minimum absolute atomic E-state index is 0.139. The molecule has 29 heavy (non-hydrogen) atoms. The van der Waals surface area contributed by atoms with E-state index in [1.165, 1.54) is 9.47 Å². The molecule has 2 aliphatic rings. The first-order chi connectivity index (χ1) is 13.8. The van der Waals surface area contributed by atoms with Gasteiger partial charge in [0.25, 0.3) is 0 Å². The number of aromatic carboxylic acids is 1. The molecule has 0 spiro atoms. The van der Waals surface area contributed by atoms with Crippen LogP contribution in [0.2, 0.25) is 0 Å². The van der Waals surface area contributed by atoms with Crippen LogP contribution in [0.1, 0.15) is 30.1 Å². The lowest BCUT2D eigenvalue weighted by Crippen LogP contribution is -2.30. The molecule has 4 rings (SSSR count). The number of hydrogen-bond acceptors (Lipinski definition) is 4. The maximum Gasteiger partial charge on any atom is 0.341 e. The van der Waals surface area contributed by atoms with Gasteiger partial charge in [0, 0.05) is 44.3 Å². The van der Waals surface area contributed by atoms with Gasteiger partial charge in [0.05, 0.1) is 10.9 Å². The average Bonchev–Trinajstić information content (AvgIpc) is 3.43. The molecule has 1 saturated heterocycles. The first-order valence-corrected chi connectivity index (χ1v) is 9.72. The Hall–Kier alpha value is -2.55. The molecule has 9 heteroatoms. The van der Waals surface area contributed by atoms with Crippen LogP contribution in [-0.4, -0.2) is 47.5 Å². The van der Waals surface area contributed by atoms with E-state index in [9.17, 15) is 23.5 Å². The average molecular weight is 409 g/mol. The summed E-state index contributed by atoms with van der Waals surface area (Å²) in [5, 5.41) is 12.1. The first-order valence-electron chi connectivity index (χ1n) is 9.72. The molecule has 1 saturated carbocycles. The number of anilines is 1. The largest absolute Gasteiger partial charge is 0.477 e. The number of aryl methyl sites for hydroxylation is 1. The van der Waals surface area contributed by atoms with E-state index in [1.54, 1.807) is 6.92 Å². The van der Waals surface area contributed by atoms with Gasteiger partial charge in [-0.05, 0) is 25.8 Å². The fourth-order valence-corrected chi connectivity index (χ4v) is 3.98. The van der Waals surface area contributed by atoms with Gasteiger partial charge < -0.3 is 19.9 Å². The summed E-state index contributed by atoms with van der Waals surface area (Å²) in [6, 6.07) is 1.27. The molecular formula is C20H22F3N3O3. The molecule has 1 aromatic heterocycles. The Balaban J connectivity index is 1.76. The van der Waals surface area contributed by atoms with E-state index in [-0.39, 0.29) is 42.1 Å². The van der Waals surface area contributed by atoms with Crippen molar-refractivity contribution in [2.24, 2.45) is 5.92 Å². The van der Waals surface area contributed by atoms with Gasteiger partial charge in [-0.3, -0.25) is 4.79 Å². The number of rotatable bonds is 6. The Morgan fingerprint density at radius 3 is 2.66 bits per heavy atom. The Labute approximate surface area is 164 Å². The fraction of sp³-hybridized carbons (Fsp3) is 0.500. The highest BCUT2D eigenvalue weighted by atomic mass is 19.1. The van der Waals surface area contributed by atoms with E-state index >= 15 is 4.39 Å². The number of nitrogens with zero attached hydrogens (tertiary/aromatic N) is 2. The molecule has 6 nitrogen and oxygen atoms in total. The molecule has 2 atom stereocenters. The Kier molecular flexibility index (Phi) is 5.02. The van der Waals surface area contributed by atoms with Crippen LogP contribution in [0.5, 0.6) is 0 Å². The summed E-state index contributed by atoms with van der Waals surface area (Å²) in [6.45, 7) is 2.30. The minimum Gasteiger partial charge on any atom is -0.477 e. The van der Waals surface area contributed by atoms with E-state index in [4.69, 9.17) is 0 Å². The second-order valence-electron chi connectivity index (χ2n) is 7.74. The van der Waals surface area contributed by atoms with Crippen molar-refractivity contribution in [3.8, 4) is 0 Å². The van der Waals surface area contributed by atoms with Crippen LogP contribution in [-0.2, 0) is 6.54 Å². The Bertz CT molecular complexity index is 1040. The number of alkyl halides is 1. The van der Waals surface area contributed by atoms with E-state index in [2.05, 4.69) is 5.32 Å². The Morgan fingerprint density at radius 2 is 2.03 bits per heavy atom. The number of halogens is 3. The number of nitrogens with one attached hydrogen (secondary N) is 1. The van der Waals surface area contributed by atoms with Gasteiger partial charge in [0.2, 0.25) is 5.43 Å². The van der Waals surface area contributed by atoms with Crippen LogP contribution in [0.15, 0.2) is 17.1 Å². The summed E-state index contributed by atoms with van der Waals surface area (Å²) >= 11 is 0. The van der Waals surface area contributed by atoms with Crippen LogP contribution < -0.4 is 15.6 Å². The number of carbonyl (C=O) groups is 1. The third kappa shape index (κ3) is 3.48. The number of carboxylic acids is 1. The van der Waals surface area contributed by atoms with Crippen molar-refractivity contribution >= 4 is 22.6 Å². The number of carboxylic acid groups (broad SMARTS) is 1. The number of benzene rings is 1. The van der Waals surface area contributed by atoms with Crippen molar-refractivity contribution in [2.75, 3.05) is 24.5 Å². The van der Waals surface area contributed by atoms with Crippen LogP contribution in [0.4, 0.5) is 18.9 Å². The van der Waals surface area contributed by atoms with Gasteiger partial charge in [-0.1, -0.05) is 0 Å². The normalized spacial score (nSPS) is 21.9. The van der Waals surface area contributed by atoms with Gasteiger partial charge in [-0.25, -0.2) is 18.0 Å². The standard InChI is InChI=1S/C20H22F3N3O3/c1-2-25-8-13(20(28)29)19(27)12-5-14(21)18(16(23)17(12)25)26-7-10(15(22)9-26)6-24-11-3-4-11/h5,8,10-11,15,24H,2-4,6-7,9H2,1H3,(H,28,29)/t10-,15-/m1/s1. The predicted octanol–water partition coefficient (Wildman–Crippen LogP) is 2.52. The smallest absolute Gasteiger partial charge is 0.341 e. The topological polar surface area (TPSA) is 74.6 Å². The second kappa shape index (κ2) is 7.37. The lowest BCUT2D eigenvalue weighted by atomic mass is 10.1. The lowest BCUT2D eigenvalue weighted by molar-refractivity contribution is 0.0694. The van der Waals surface area contributed by atoms with Gasteiger partial charge in [-0.15, -0.1) is 0 Å². The molecule has 1 aliphatic heterocycles. The molecule has 2 heterocycles. The molecule has 0 amide bonds. The lowest BCUT2D eigenvalue weighted by Gasteiger charge is -2.22. The van der Waals surface area contributed by atoms with Gasteiger partial charge in [-0.2, -0.15) is 0 Å². The number of aromatic nitrogens is 1. The quantitative estimate of drug-likeness (QED) is 0.767. The van der Waals surface area contributed by atoms with Crippen molar-refractivity contribution < 1.29 is 23.1 Å². The fourth-order valence-electron chi connectivity index (χ4n) is 3.98. The molecule has 0 unspecified atom stereocenters. The van der Waals surface area contributed by atoms with E-state index < -0.39 is 34.8 Å². The third-order valence-electron chi connectivity index (χ3n) is 5.72. The molecule has 156 valence electrons. The number of fused-ring (bicyclic) bond motifs is 1. The van der Waals surface area contributed by atoms with Crippen LogP contribution in [0.3, 0.4) is 0 Å². The third-order valence-corrected chi connectivity index (χ3v) is 5.72.